The van der Waals surface area contributed by atoms with Crippen LogP contribution in [0, 0.1) is 6.92 Å². The first-order valence-electron chi connectivity index (χ1n) is 7.50. The Morgan fingerprint density at radius 1 is 1.26 bits per heavy atom. The molecule has 1 heterocycles. The van der Waals surface area contributed by atoms with Crippen LogP contribution in [-0.4, -0.2) is 22.9 Å². The summed E-state index contributed by atoms with van der Waals surface area (Å²) in [6.45, 7) is 1.29. The fourth-order valence-corrected chi connectivity index (χ4v) is 3.48. The number of Topliss-reactive ketones (excluding diaryl/α,β-unsaturated/α-hetero) is 1. The standard InChI is InChI=1S/C17H17NO4S/c1-11-10-23-17(21)18(11)8-16(20)22-9-15(19)14-6-5-12-3-2-4-13(12)7-14/h5-7,10H,2-4,8-9H2,1H3. The van der Waals surface area contributed by atoms with Crippen LogP contribution >= 0.6 is 11.3 Å². The second kappa shape index (κ2) is 6.50. The Morgan fingerprint density at radius 2 is 2.04 bits per heavy atom. The number of fused-ring (bicyclic) bond motifs is 1. The second-order valence-corrected chi connectivity index (χ2v) is 6.47. The molecule has 0 atom stereocenters. The monoisotopic (exact) mass is 331 g/mol. The number of carbonyl (C=O) groups excluding carboxylic acids is 2. The molecule has 23 heavy (non-hydrogen) atoms. The highest BCUT2D eigenvalue weighted by atomic mass is 32.1. The average molecular weight is 331 g/mol. The molecule has 0 aliphatic heterocycles. The van der Waals surface area contributed by atoms with Crippen molar-refractivity contribution < 1.29 is 14.3 Å². The van der Waals surface area contributed by atoms with Crippen LogP contribution in [0.25, 0.3) is 0 Å². The Bertz CT molecular complexity index is 818. The van der Waals surface area contributed by atoms with E-state index in [4.69, 9.17) is 4.74 Å². The van der Waals surface area contributed by atoms with E-state index >= 15 is 0 Å². The first-order valence-corrected chi connectivity index (χ1v) is 8.38. The van der Waals surface area contributed by atoms with Crippen LogP contribution in [0.3, 0.4) is 0 Å². The van der Waals surface area contributed by atoms with Crippen LogP contribution in [0.15, 0.2) is 28.4 Å². The van der Waals surface area contributed by atoms with E-state index < -0.39 is 5.97 Å². The molecule has 0 amide bonds. The molecule has 2 aromatic rings. The van der Waals surface area contributed by atoms with Gasteiger partial charge in [0.05, 0.1) is 0 Å². The topological polar surface area (TPSA) is 65.4 Å². The summed E-state index contributed by atoms with van der Waals surface area (Å²) < 4.78 is 6.36. The van der Waals surface area contributed by atoms with Gasteiger partial charge in [-0.3, -0.25) is 19.0 Å². The zero-order valence-electron chi connectivity index (χ0n) is 12.8. The Balaban J connectivity index is 1.58. The van der Waals surface area contributed by atoms with Gasteiger partial charge >= 0.3 is 10.8 Å². The molecule has 0 spiro atoms. The number of hydrogen-bond donors (Lipinski definition) is 0. The third-order valence-corrected chi connectivity index (χ3v) is 4.93. The summed E-state index contributed by atoms with van der Waals surface area (Å²) in [7, 11) is 0. The van der Waals surface area contributed by atoms with Crippen LogP contribution < -0.4 is 4.87 Å². The van der Waals surface area contributed by atoms with Gasteiger partial charge in [-0.1, -0.05) is 23.5 Å². The van der Waals surface area contributed by atoms with Crippen molar-refractivity contribution in [3.63, 3.8) is 0 Å². The molecule has 0 unspecified atom stereocenters. The molecule has 1 aromatic heterocycles. The van der Waals surface area contributed by atoms with E-state index in [9.17, 15) is 14.4 Å². The van der Waals surface area contributed by atoms with Crippen LogP contribution in [-0.2, 0) is 28.9 Å². The van der Waals surface area contributed by atoms with Crippen LogP contribution in [0.4, 0.5) is 0 Å². The lowest BCUT2D eigenvalue weighted by molar-refractivity contribution is -0.143. The van der Waals surface area contributed by atoms with Crippen molar-refractivity contribution in [2.45, 2.75) is 32.7 Å². The SMILES string of the molecule is Cc1csc(=O)n1CC(=O)OCC(=O)c1ccc2c(c1)CCC2. The number of esters is 1. The van der Waals surface area contributed by atoms with Crippen molar-refractivity contribution in [2.75, 3.05) is 6.61 Å². The van der Waals surface area contributed by atoms with E-state index in [0.29, 0.717) is 11.3 Å². The van der Waals surface area contributed by atoms with Crippen molar-refractivity contribution in [3.05, 3.63) is 55.6 Å². The Labute approximate surface area is 137 Å². The predicted molar refractivity (Wildman–Crippen MR) is 87.1 cm³/mol. The summed E-state index contributed by atoms with van der Waals surface area (Å²) in [5, 5.41) is 1.69. The molecule has 5 nitrogen and oxygen atoms in total. The van der Waals surface area contributed by atoms with Gasteiger partial charge in [-0.2, -0.15) is 0 Å². The molecule has 0 radical (unpaired) electrons. The minimum absolute atomic E-state index is 0.161. The number of benzene rings is 1. The molecule has 1 aliphatic rings. The van der Waals surface area contributed by atoms with E-state index in [2.05, 4.69) is 0 Å². The third-order valence-electron chi connectivity index (χ3n) is 4.05. The number of ether oxygens (including phenoxy) is 1. The smallest absolute Gasteiger partial charge is 0.326 e. The van der Waals surface area contributed by atoms with E-state index in [1.54, 1.807) is 18.4 Å². The summed E-state index contributed by atoms with van der Waals surface area (Å²) >= 11 is 1.04. The third kappa shape index (κ3) is 3.42. The Kier molecular flexibility index (Phi) is 4.43. The number of thiazole rings is 1. The van der Waals surface area contributed by atoms with Gasteiger partial charge in [0.25, 0.3) is 0 Å². The minimum atomic E-state index is -0.580. The van der Waals surface area contributed by atoms with Crippen molar-refractivity contribution >= 4 is 23.1 Å². The number of rotatable bonds is 5. The normalized spacial score (nSPS) is 12.9. The van der Waals surface area contributed by atoms with Crippen molar-refractivity contribution in [1.82, 2.24) is 4.57 Å². The molecule has 0 saturated heterocycles. The zero-order chi connectivity index (χ0) is 16.4. The highest BCUT2D eigenvalue weighted by Crippen LogP contribution is 2.23. The van der Waals surface area contributed by atoms with E-state index in [1.165, 1.54) is 15.7 Å². The predicted octanol–water partition coefficient (Wildman–Crippen LogP) is 2.13. The van der Waals surface area contributed by atoms with Gasteiger partial charge in [-0.25, -0.2) is 0 Å². The summed E-state index contributed by atoms with van der Waals surface area (Å²) in [6, 6.07) is 5.66. The molecule has 0 saturated carbocycles. The van der Waals surface area contributed by atoms with Crippen LogP contribution in [0.5, 0.6) is 0 Å². The van der Waals surface area contributed by atoms with E-state index in [-0.39, 0.29) is 23.8 Å². The van der Waals surface area contributed by atoms with Gasteiger partial charge < -0.3 is 4.74 Å². The van der Waals surface area contributed by atoms with Gasteiger partial charge in [0.15, 0.2) is 12.4 Å². The number of nitrogens with zero attached hydrogens (tertiary/aromatic N) is 1. The van der Waals surface area contributed by atoms with E-state index in [1.807, 2.05) is 12.1 Å². The summed E-state index contributed by atoms with van der Waals surface area (Å²) in [6.07, 6.45) is 3.18. The van der Waals surface area contributed by atoms with Crippen molar-refractivity contribution in [1.29, 1.82) is 0 Å². The van der Waals surface area contributed by atoms with Gasteiger partial charge in [-0.15, -0.1) is 0 Å². The van der Waals surface area contributed by atoms with E-state index in [0.717, 1.165) is 30.6 Å². The fourth-order valence-electron chi connectivity index (χ4n) is 2.75. The molecule has 3 rings (SSSR count). The first-order chi connectivity index (χ1) is 11.0. The van der Waals surface area contributed by atoms with Gasteiger partial charge in [0, 0.05) is 16.6 Å². The average Bonchev–Trinajstić information content (AvgIpc) is 3.13. The first kappa shape index (κ1) is 15.7. The lowest BCUT2D eigenvalue weighted by Gasteiger charge is -2.07. The molecule has 1 aromatic carbocycles. The lowest BCUT2D eigenvalue weighted by atomic mass is 10.0. The Morgan fingerprint density at radius 3 is 2.78 bits per heavy atom. The summed E-state index contributed by atoms with van der Waals surface area (Å²) in [4.78, 5) is 35.3. The molecule has 120 valence electrons. The fraction of sp³-hybridized carbons (Fsp3) is 0.353. The van der Waals surface area contributed by atoms with Crippen LogP contribution in [0.1, 0.15) is 33.6 Å². The molecular weight excluding hydrogens is 314 g/mol. The minimum Gasteiger partial charge on any atom is -0.456 e. The maximum absolute atomic E-state index is 12.1. The Hall–Kier alpha value is -2.21. The molecule has 6 heteroatoms. The molecule has 0 fully saturated rings. The largest absolute Gasteiger partial charge is 0.456 e. The molecular formula is C17H17NO4S. The maximum Gasteiger partial charge on any atom is 0.326 e. The van der Waals surface area contributed by atoms with Crippen molar-refractivity contribution in [2.24, 2.45) is 0 Å². The number of aromatic nitrogens is 1. The highest BCUT2D eigenvalue weighted by molar-refractivity contribution is 7.07. The lowest BCUT2D eigenvalue weighted by Crippen LogP contribution is -2.24. The number of aryl methyl sites for hydroxylation is 3. The quantitative estimate of drug-likeness (QED) is 0.622. The second-order valence-electron chi connectivity index (χ2n) is 5.65. The summed E-state index contributed by atoms with van der Waals surface area (Å²) in [5.41, 5.74) is 3.79. The maximum atomic E-state index is 12.1. The van der Waals surface area contributed by atoms with Gasteiger partial charge in [-0.05, 0) is 43.4 Å². The molecule has 0 N–H and O–H groups in total. The van der Waals surface area contributed by atoms with Crippen molar-refractivity contribution in [3.8, 4) is 0 Å². The van der Waals surface area contributed by atoms with Crippen LogP contribution in [0.2, 0.25) is 0 Å². The number of carbonyl (C=O) groups is 2. The molecule has 0 bridgehead atoms. The van der Waals surface area contributed by atoms with Gasteiger partial charge in [0.1, 0.15) is 6.54 Å². The molecule has 1 aliphatic carbocycles. The van der Waals surface area contributed by atoms with Gasteiger partial charge in [0.2, 0.25) is 0 Å². The zero-order valence-corrected chi connectivity index (χ0v) is 13.6. The summed E-state index contributed by atoms with van der Waals surface area (Å²) in [5.74, 6) is -0.800. The number of ketones is 1. The highest BCUT2D eigenvalue weighted by Gasteiger charge is 2.16. The number of hydrogen-bond acceptors (Lipinski definition) is 5.